The predicted molar refractivity (Wildman–Crippen MR) is 67.8 cm³/mol. The number of carbonyl (C=O) groups is 1. The molecule has 2 aromatic rings. The minimum absolute atomic E-state index is 0.114. The third-order valence-electron chi connectivity index (χ3n) is 2.59. The molecular formula is C14H13F2NO3. The Labute approximate surface area is 114 Å². The summed E-state index contributed by atoms with van der Waals surface area (Å²) in [5.41, 5.74) is 0.909. The van der Waals surface area contributed by atoms with Crippen molar-refractivity contribution in [1.82, 2.24) is 5.32 Å². The Morgan fingerprint density at radius 2 is 2.00 bits per heavy atom. The van der Waals surface area contributed by atoms with Crippen LogP contribution >= 0.6 is 0 Å². The van der Waals surface area contributed by atoms with Crippen LogP contribution in [0.2, 0.25) is 0 Å². The fourth-order valence-corrected chi connectivity index (χ4v) is 1.65. The maximum Gasteiger partial charge on any atom is 0.387 e. The molecule has 0 saturated heterocycles. The van der Waals surface area contributed by atoms with Gasteiger partial charge in [-0.3, -0.25) is 4.79 Å². The van der Waals surface area contributed by atoms with Gasteiger partial charge in [0.15, 0.2) is 5.76 Å². The van der Waals surface area contributed by atoms with E-state index in [1.165, 1.54) is 18.4 Å². The largest absolute Gasteiger partial charge is 0.459 e. The number of hydrogen-bond donors (Lipinski definition) is 1. The van der Waals surface area contributed by atoms with E-state index in [-0.39, 0.29) is 17.4 Å². The number of amides is 1. The van der Waals surface area contributed by atoms with Crippen molar-refractivity contribution in [1.29, 1.82) is 0 Å². The molecule has 0 unspecified atom stereocenters. The zero-order chi connectivity index (χ0) is 14.4. The van der Waals surface area contributed by atoms with E-state index in [1.54, 1.807) is 24.3 Å². The van der Waals surface area contributed by atoms with Crippen molar-refractivity contribution < 1.29 is 22.7 Å². The molecule has 0 aliphatic rings. The van der Waals surface area contributed by atoms with Gasteiger partial charge in [0.05, 0.1) is 6.26 Å². The molecule has 0 fully saturated rings. The van der Waals surface area contributed by atoms with Crippen LogP contribution in [0.5, 0.6) is 5.75 Å². The fraction of sp³-hybridized carbons (Fsp3) is 0.214. The summed E-state index contributed by atoms with van der Waals surface area (Å²) in [6.07, 6.45) is 2.01. The highest BCUT2D eigenvalue weighted by atomic mass is 19.3. The quantitative estimate of drug-likeness (QED) is 0.885. The number of halogens is 2. The van der Waals surface area contributed by atoms with E-state index in [0.29, 0.717) is 13.0 Å². The zero-order valence-electron chi connectivity index (χ0n) is 10.5. The second kappa shape index (κ2) is 6.70. The fourth-order valence-electron chi connectivity index (χ4n) is 1.65. The molecule has 1 aromatic heterocycles. The van der Waals surface area contributed by atoms with Gasteiger partial charge in [0.25, 0.3) is 5.91 Å². The van der Waals surface area contributed by atoms with Gasteiger partial charge in [-0.15, -0.1) is 0 Å². The first-order valence-electron chi connectivity index (χ1n) is 6.00. The first kappa shape index (κ1) is 14.0. The lowest BCUT2D eigenvalue weighted by molar-refractivity contribution is -0.0498. The van der Waals surface area contributed by atoms with Crippen molar-refractivity contribution in [3.63, 3.8) is 0 Å². The van der Waals surface area contributed by atoms with Gasteiger partial charge < -0.3 is 14.5 Å². The topological polar surface area (TPSA) is 51.5 Å². The number of nitrogens with one attached hydrogen (secondary N) is 1. The monoisotopic (exact) mass is 281 g/mol. The molecule has 0 radical (unpaired) electrons. The van der Waals surface area contributed by atoms with Crippen LogP contribution in [0.15, 0.2) is 47.1 Å². The average molecular weight is 281 g/mol. The third-order valence-corrected chi connectivity index (χ3v) is 2.59. The third kappa shape index (κ3) is 4.08. The second-order valence-corrected chi connectivity index (χ2v) is 4.01. The van der Waals surface area contributed by atoms with Crippen LogP contribution in [-0.4, -0.2) is 19.1 Å². The summed E-state index contributed by atoms with van der Waals surface area (Å²) >= 11 is 0. The van der Waals surface area contributed by atoms with Crippen LogP contribution < -0.4 is 10.1 Å². The van der Waals surface area contributed by atoms with Crippen LogP contribution in [0.4, 0.5) is 8.78 Å². The van der Waals surface area contributed by atoms with Crippen molar-refractivity contribution in [2.45, 2.75) is 13.0 Å². The number of benzene rings is 1. The molecule has 1 N–H and O–H groups in total. The number of alkyl halides is 2. The summed E-state index contributed by atoms with van der Waals surface area (Å²) < 4.78 is 33.1. The van der Waals surface area contributed by atoms with Crippen molar-refractivity contribution >= 4 is 5.91 Å². The Morgan fingerprint density at radius 3 is 2.60 bits per heavy atom. The van der Waals surface area contributed by atoms with E-state index in [1.807, 2.05) is 0 Å². The van der Waals surface area contributed by atoms with Crippen LogP contribution in [0, 0.1) is 0 Å². The average Bonchev–Trinajstić information content (AvgIpc) is 2.94. The molecule has 0 atom stereocenters. The standard InChI is InChI=1S/C14H13F2NO3/c15-14(16)20-11-5-3-10(4-6-11)7-8-17-13(18)12-2-1-9-19-12/h1-6,9,14H,7-8H2,(H,17,18). The van der Waals surface area contributed by atoms with Crippen molar-refractivity contribution in [2.24, 2.45) is 0 Å². The first-order chi connectivity index (χ1) is 9.65. The Bertz CT molecular complexity index is 538. The van der Waals surface area contributed by atoms with Crippen LogP contribution in [0.25, 0.3) is 0 Å². The summed E-state index contributed by atoms with van der Waals surface area (Å²) in [7, 11) is 0. The van der Waals surface area contributed by atoms with Gasteiger partial charge in [0, 0.05) is 6.54 Å². The lowest BCUT2D eigenvalue weighted by Gasteiger charge is -2.06. The molecule has 4 nitrogen and oxygen atoms in total. The summed E-state index contributed by atoms with van der Waals surface area (Å²) in [5.74, 6) is 0.0849. The number of carbonyl (C=O) groups excluding carboxylic acids is 1. The van der Waals surface area contributed by atoms with E-state index in [4.69, 9.17) is 4.42 Å². The number of rotatable bonds is 6. The maximum atomic E-state index is 12.0. The number of ether oxygens (including phenoxy) is 1. The van der Waals surface area contributed by atoms with E-state index < -0.39 is 6.61 Å². The van der Waals surface area contributed by atoms with Crippen molar-refractivity contribution in [3.8, 4) is 5.75 Å². The Balaban J connectivity index is 1.78. The molecule has 0 bridgehead atoms. The van der Waals surface area contributed by atoms with Gasteiger partial charge in [-0.05, 0) is 36.2 Å². The van der Waals surface area contributed by atoms with Gasteiger partial charge in [-0.1, -0.05) is 12.1 Å². The molecule has 1 aromatic carbocycles. The highest BCUT2D eigenvalue weighted by Gasteiger charge is 2.07. The molecule has 0 aliphatic heterocycles. The molecule has 1 heterocycles. The predicted octanol–water partition coefficient (Wildman–Crippen LogP) is 2.85. The molecule has 0 saturated carbocycles. The van der Waals surface area contributed by atoms with E-state index in [2.05, 4.69) is 10.1 Å². The molecule has 0 spiro atoms. The highest BCUT2D eigenvalue weighted by molar-refractivity contribution is 5.91. The van der Waals surface area contributed by atoms with Crippen LogP contribution in [0.1, 0.15) is 16.1 Å². The molecule has 2 rings (SSSR count). The zero-order valence-corrected chi connectivity index (χ0v) is 10.5. The molecule has 20 heavy (non-hydrogen) atoms. The van der Waals surface area contributed by atoms with Gasteiger partial charge in [-0.2, -0.15) is 8.78 Å². The first-order valence-corrected chi connectivity index (χ1v) is 6.00. The smallest absolute Gasteiger partial charge is 0.387 e. The molecule has 106 valence electrons. The summed E-state index contributed by atoms with van der Waals surface area (Å²) in [4.78, 5) is 11.6. The molecule has 1 amide bonds. The van der Waals surface area contributed by atoms with Gasteiger partial charge in [-0.25, -0.2) is 0 Å². The van der Waals surface area contributed by atoms with Crippen molar-refractivity contribution in [3.05, 3.63) is 54.0 Å². The molecule has 6 heteroatoms. The normalized spacial score (nSPS) is 10.6. The summed E-state index contributed by atoms with van der Waals surface area (Å²) in [5, 5.41) is 2.70. The lowest BCUT2D eigenvalue weighted by atomic mass is 10.1. The Hall–Kier alpha value is -2.37. The maximum absolute atomic E-state index is 12.0. The van der Waals surface area contributed by atoms with E-state index in [0.717, 1.165) is 5.56 Å². The highest BCUT2D eigenvalue weighted by Crippen LogP contribution is 2.15. The van der Waals surface area contributed by atoms with Gasteiger partial charge >= 0.3 is 6.61 Å². The molecule has 0 aliphatic carbocycles. The van der Waals surface area contributed by atoms with Crippen LogP contribution in [0.3, 0.4) is 0 Å². The Kier molecular flexibility index (Phi) is 4.70. The number of hydrogen-bond acceptors (Lipinski definition) is 3. The summed E-state index contributed by atoms with van der Waals surface area (Å²) in [6, 6.07) is 9.50. The number of furan rings is 1. The minimum Gasteiger partial charge on any atom is -0.459 e. The summed E-state index contributed by atoms with van der Waals surface area (Å²) in [6.45, 7) is -2.40. The minimum atomic E-state index is -2.83. The van der Waals surface area contributed by atoms with Crippen molar-refractivity contribution in [2.75, 3.05) is 6.54 Å². The Morgan fingerprint density at radius 1 is 1.25 bits per heavy atom. The van der Waals surface area contributed by atoms with E-state index in [9.17, 15) is 13.6 Å². The van der Waals surface area contributed by atoms with Gasteiger partial charge in [0.2, 0.25) is 0 Å². The SMILES string of the molecule is O=C(NCCc1ccc(OC(F)F)cc1)c1ccco1. The molecular weight excluding hydrogens is 268 g/mol. The van der Waals surface area contributed by atoms with Gasteiger partial charge in [0.1, 0.15) is 5.75 Å². The van der Waals surface area contributed by atoms with Crippen LogP contribution in [-0.2, 0) is 6.42 Å². The second-order valence-electron chi connectivity index (χ2n) is 4.01. The van der Waals surface area contributed by atoms with E-state index >= 15 is 0 Å². The lowest BCUT2D eigenvalue weighted by Crippen LogP contribution is -2.25.